The highest BCUT2D eigenvalue weighted by atomic mass is 32.2. The lowest BCUT2D eigenvalue weighted by Crippen LogP contribution is -2.21. The molecule has 2 aromatic carbocycles. The molecular formula is C16H12N2O3S. The van der Waals surface area contributed by atoms with E-state index in [1.165, 1.54) is 11.8 Å². The van der Waals surface area contributed by atoms with Crippen molar-refractivity contribution < 1.29 is 9.47 Å². The number of benzene rings is 2. The maximum atomic E-state index is 12.9. The van der Waals surface area contributed by atoms with Crippen molar-refractivity contribution in [3.8, 4) is 17.2 Å². The van der Waals surface area contributed by atoms with E-state index in [2.05, 4.69) is 4.98 Å². The Bertz CT molecular complexity index is 922. The van der Waals surface area contributed by atoms with Crippen molar-refractivity contribution in [2.75, 3.05) is 13.0 Å². The fourth-order valence-electron chi connectivity index (χ4n) is 2.50. The minimum atomic E-state index is -0.112. The summed E-state index contributed by atoms with van der Waals surface area (Å²) in [7, 11) is 0. The molecule has 0 spiro atoms. The summed E-state index contributed by atoms with van der Waals surface area (Å²) in [5, 5.41) is 1.16. The second kappa shape index (κ2) is 5.06. The summed E-state index contributed by atoms with van der Waals surface area (Å²) in [6, 6.07) is 13.0. The van der Waals surface area contributed by atoms with Gasteiger partial charge in [-0.2, -0.15) is 0 Å². The summed E-state index contributed by atoms with van der Waals surface area (Å²) < 4.78 is 12.3. The largest absolute Gasteiger partial charge is 0.454 e. The zero-order valence-corrected chi connectivity index (χ0v) is 12.6. The number of ether oxygens (including phenoxy) is 2. The van der Waals surface area contributed by atoms with Crippen LogP contribution in [0, 0.1) is 0 Å². The number of hydrogen-bond acceptors (Lipinski definition) is 5. The first-order chi connectivity index (χ1) is 10.8. The van der Waals surface area contributed by atoms with Crippen LogP contribution in [0.1, 0.15) is 0 Å². The summed E-state index contributed by atoms with van der Waals surface area (Å²) in [5.74, 6) is 1.21. The molecule has 0 radical (unpaired) electrons. The molecule has 0 bridgehead atoms. The number of para-hydroxylation sites is 1. The first kappa shape index (κ1) is 13.2. The third kappa shape index (κ3) is 1.95. The van der Waals surface area contributed by atoms with Crippen LogP contribution in [0.2, 0.25) is 0 Å². The highest BCUT2D eigenvalue weighted by Gasteiger charge is 2.19. The number of hydrogen-bond donors (Lipinski definition) is 0. The molecule has 0 atom stereocenters. The van der Waals surface area contributed by atoms with E-state index in [1.54, 1.807) is 16.7 Å². The molecule has 1 aliphatic heterocycles. The number of fused-ring (bicyclic) bond motifs is 2. The Hall–Kier alpha value is -2.47. The van der Waals surface area contributed by atoms with Gasteiger partial charge in [0, 0.05) is 6.07 Å². The monoisotopic (exact) mass is 312 g/mol. The van der Waals surface area contributed by atoms with Crippen LogP contribution in [-0.2, 0) is 0 Å². The summed E-state index contributed by atoms with van der Waals surface area (Å²) in [6.45, 7) is 0.175. The third-order valence-electron chi connectivity index (χ3n) is 3.53. The van der Waals surface area contributed by atoms with Gasteiger partial charge in [-0.15, -0.1) is 0 Å². The summed E-state index contributed by atoms with van der Waals surface area (Å²) >= 11 is 1.43. The number of rotatable bonds is 2. The highest BCUT2D eigenvalue weighted by molar-refractivity contribution is 7.98. The predicted octanol–water partition coefficient (Wildman–Crippen LogP) is 2.84. The fraction of sp³-hybridized carbons (Fsp3) is 0.125. The Morgan fingerprint density at radius 1 is 1.14 bits per heavy atom. The number of thioether (sulfide) groups is 1. The van der Waals surface area contributed by atoms with Crippen LogP contribution >= 0.6 is 11.8 Å². The number of nitrogens with zero attached hydrogens (tertiary/aromatic N) is 2. The SMILES string of the molecule is CSc1nc2cc3c(cc2c(=O)n1-c1ccccc1)OCO3. The Morgan fingerprint density at radius 2 is 1.86 bits per heavy atom. The van der Waals surface area contributed by atoms with Crippen molar-refractivity contribution in [2.45, 2.75) is 5.16 Å². The van der Waals surface area contributed by atoms with E-state index >= 15 is 0 Å². The molecule has 1 aromatic heterocycles. The van der Waals surface area contributed by atoms with Crippen LogP contribution in [-0.4, -0.2) is 22.6 Å². The molecule has 5 nitrogen and oxygen atoms in total. The van der Waals surface area contributed by atoms with E-state index in [1.807, 2.05) is 36.6 Å². The van der Waals surface area contributed by atoms with Gasteiger partial charge in [0.05, 0.1) is 16.6 Å². The van der Waals surface area contributed by atoms with Crippen LogP contribution in [0.15, 0.2) is 52.4 Å². The third-order valence-corrected chi connectivity index (χ3v) is 4.17. The van der Waals surface area contributed by atoms with Crippen molar-refractivity contribution in [3.63, 3.8) is 0 Å². The Kier molecular flexibility index (Phi) is 3.04. The van der Waals surface area contributed by atoms with Gasteiger partial charge >= 0.3 is 0 Å². The second-order valence-corrected chi connectivity index (χ2v) is 5.57. The first-order valence-corrected chi connectivity index (χ1v) is 7.96. The zero-order chi connectivity index (χ0) is 15.1. The Labute approximate surface area is 130 Å². The standard InChI is InChI=1S/C16H12N2O3S/c1-22-16-17-12-8-14-13(20-9-21-14)7-11(12)15(19)18(16)10-5-3-2-4-6-10/h2-8H,9H2,1H3. The van der Waals surface area contributed by atoms with Crippen molar-refractivity contribution in [1.82, 2.24) is 9.55 Å². The molecule has 0 amide bonds. The van der Waals surface area contributed by atoms with Crippen LogP contribution in [0.5, 0.6) is 11.5 Å². The van der Waals surface area contributed by atoms with Gasteiger partial charge in [0.25, 0.3) is 5.56 Å². The average molecular weight is 312 g/mol. The molecule has 0 saturated heterocycles. The molecule has 0 saturated carbocycles. The van der Waals surface area contributed by atoms with Gasteiger partial charge in [0.2, 0.25) is 6.79 Å². The van der Waals surface area contributed by atoms with Crippen LogP contribution in [0.4, 0.5) is 0 Å². The lowest BCUT2D eigenvalue weighted by atomic mass is 10.2. The van der Waals surface area contributed by atoms with E-state index in [4.69, 9.17) is 9.47 Å². The molecule has 0 fully saturated rings. The molecule has 2 heterocycles. The summed E-state index contributed by atoms with van der Waals surface area (Å²) in [6.07, 6.45) is 1.90. The van der Waals surface area contributed by atoms with Gasteiger partial charge in [-0.05, 0) is 24.5 Å². The van der Waals surface area contributed by atoms with Crippen molar-refractivity contribution >= 4 is 22.7 Å². The minimum absolute atomic E-state index is 0.112. The molecule has 22 heavy (non-hydrogen) atoms. The van der Waals surface area contributed by atoms with Gasteiger partial charge in [0.15, 0.2) is 16.7 Å². The molecule has 6 heteroatoms. The van der Waals surface area contributed by atoms with Crippen molar-refractivity contribution in [3.05, 3.63) is 52.8 Å². The van der Waals surface area contributed by atoms with Gasteiger partial charge in [-0.3, -0.25) is 9.36 Å². The lowest BCUT2D eigenvalue weighted by Gasteiger charge is -2.12. The second-order valence-electron chi connectivity index (χ2n) is 4.80. The smallest absolute Gasteiger partial charge is 0.266 e. The number of aromatic nitrogens is 2. The van der Waals surface area contributed by atoms with Gasteiger partial charge in [-0.25, -0.2) is 4.98 Å². The summed E-state index contributed by atoms with van der Waals surface area (Å²) in [5.41, 5.74) is 1.30. The topological polar surface area (TPSA) is 53.4 Å². The molecule has 0 unspecified atom stereocenters. The van der Waals surface area contributed by atoms with E-state index < -0.39 is 0 Å². The Morgan fingerprint density at radius 3 is 2.59 bits per heavy atom. The van der Waals surface area contributed by atoms with E-state index in [9.17, 15) is 4.79 Å². The quantitative estimate of drug-likeness (QED) is 0.538. The maximum Gasteiger partial charge on any atom is 0.266 e. The predicted molar refractivity (Wildman–Crippen MR) is 85.2 cm³/mol. The molecule has 0 N–H and O–H groups in total. The molecule has 1 aliphatic rings. The van der Waals surface area contributed by atoms with Gasteiger partial charge < -0.3 is 9.47 Å². The molecule has 0 aliphatic carbocycles. The van der Waals surface area contributed by atoms with E-state index in [-0.39, 0.29) is 12.4 Å². The van der Waals surface area contributed by atoms with Crippen LogP contribution < -0.4 is 15.0 Å². The average Bonchev–Trinajstić information content (AvgIpc) is 3.01. The minimum Gasteiger partial charge on any atom is -0.454 e. The highest BCUT2D eigenvalue weighted by Crippen LogP contribution is 2.35. The van der Waals surface area contributed by atoms with Crippen LogP contribution in [0.25, 0.3) is 16.6 Å². The lowest BCUT2D eigenvalue weighted by molar-refractivity contribution is 0.174. The first-order valence-electron chi connectivity index (χ1n) is 6.74. The molecular weight excluding hydrogens is 300 g/mol. The van der Waals surface area contributed by atoms with E-state index in [0.717, 1.165) is 5.69 Å². The fourth-order valence-corrected chi connectivity index (χ4v) is 3.06. The normalized spacial score (nSPS) is 12.8. The molecule has 4 rings (SSSR count). The molecule has 110 valence electrons. The van der Waals surface area contributed by atoms with Gasteiger partial charge in [-0.1, -0.05) is 30.0 Å². The zero-order valence-electron chi connectivity index (χ0n) is 11.8. The van der Waals surface area contributed by atoms with Crippen molar-refractivity contribution in [2.24, 2.45) is 0 Å². The van der Waals surface area contributed by atoms with Crippen LogP contribution in [0.3, 0.4) is 0 Å². The maximum absolute atomic E-state index is 12.9. The van der Waals surface area contributed by atoms with Gasteiger partial charge in [0.1, 0.15) is 0 Å². The van der Waals surface area contributed by atoms with E-state index in [0.29, 0.717) is 27.6 Å². The molecule has 3 aromatic rings. The Balaban J connectivity index is 2.07. The van der Waals surface area contributed by atoms with Crippen molar-refractivity contribution in [1.29, 1.82) is 0 Å². The summed E-state index contributed by atoms with van der Waals surface area (Å²) in [4.78, 5) is 17.5.